The monoisotopic (exact) mass is 395 g/mol. The lowest BCUT2D eigenvalue weighted by Gasteiger charge is -2.11. The Morgan fingerprint density at radius 1 is 0.931 bits per heavy atom. The molecule has 1 aliphatic heterocycles. The van der Waals surface area contributed by atoms with Crippen LogP contribution in [0.2, 0.25) is 0 Å². The summed E-state index contributed by atoms with van der Waals surface area (Å²) in [5.74, 6) is 0.930. The van der Waals surface area contributed by atoms with Crippen LogP contribution in [0.5, 0.6) is 11.6 Å². The van der Waals surface area contributed by atoms with Crippen LogP contribution in [0.15, 0.2) is 54.6 Å². The van der Waals surface area contributed by atoms with Gasteiger partial charge in [-0.15, -0.1) is 0 Å². The third-order valence-corrected chi connectivity index (χ3v) is 3.95. The third-order valence-electron chi connectivity index (χ3n) is 3.95. The van der Waals surface area contributed by atoms with Crippen molar-refractivity contribution in [3.63, 3.8) is 0 Å². The Morgan fingerprint density at radius 3 is 2.10 bits per heavy atom. The number of hydrogen-bond acceptors (Lipinski definition) is 7. The summed E-state index contributed by atoms with van der Waals surface area (Å²) in [4.78, 5) is 20.8. The first-order valence-electron chi connectivity index (χ1n) is 9.61. The summed E-state index contributed by atoms with van der Waals surface area (Å²) in [6.45, 7) is 6.80. The number of piperazine rings is 1. The second-order valence-corrected chi connectivity index (χ2v) is 6.13. The summed E-state index contributed by atoms with van der Waals surface area (Å²) in [6, 6.07) is 16.1. The zero-order valence-corrected chi connectivity index (χ0v) is 16.4. The van der Waals surface area contributed by atoms with Crippen LogP contribution in [-0.2, 0) is 0 Å². The number of aromatic nitrogens is 2. The van der Waals surface area contributed by atoms with E-state index in [0.717, 1.165) is 26.2 Å². The summed E-state index contributed by atoms with van der Waals surface area (Å²) in [5.41, 5.74) is 1.35. The molecule has 3 N–H and O–H groups in total. The first-order chi connectivity index (χ1) is 14.3. The zero-order valence-electron chi connectivity index (χ0n) is 16.4. The fourth-order valence-electron chi connectivity index (χ4n) is 2.62. The zero-order chi connectivity index (χ0) is 20.3. The van der Waals surface area contributed by atoms with Crippen LogP contribution in [0.3, 0.4) is 0 Å². The maximum Gasteiger partial charge on any atom is 0.418 e. The standard InChI is InChI=1S/C17H15N3O3.C4H10N2/c1-2-22-16-15(18-13-10-6-7-11-14(13)19-16)20-17(21)23-12-8-4-3-5-9-12;1-2-6-4-3-5-1/h3-11H,2H2,1H3,(H,18,20,21);5-6H,1-4H2. The fraction of sp³-hybridized carbons (Fsp3) is 0.286. The van der Waals surface area contributed by atoms with Gasteiger partial charge in [0.25, 0.3) is 5.88 Å². The molecule has 0 saturated carbocycles. The van der Waals surface area contributed by atoms with Crippen LogP contribution in [0.4, 0.5) is 10.6 Å². The van der Waals surface area contributed by atoms with Crippen LogP contribution in [-0.4, -0.2) is 48.8 Å². The Hall–Kier alpha value is -3.23. The molecule has 0 aliphatic carbocycles. The molecule has 8 nitrogen and oxygen atoms in total. The Kier molecular flexibility index (Phi) is 7.73. The van der Waals surface area contributed by atoms with Crippen molar-refractivity contribution in [2.75, 3.05) is 38.1 Å². The average molecular weight is 395 g/mol. The van der Waals surface area contributed by atoms with Crippen molar-refractivity contribution < 1.29 is 14.3 Å². The lowest BCUT2D eigenvalue weighted by atomic mass is 10.3. The number of ether oxygens (including phenoxy) is 2. The molecule has 1 fully saturated rings. The molecule has 1 aromatic heterocycles. The Balaban J connectivity index is 0.000000343. The second kappa shape index (κ2) is 10.9. The van der Waals surface area contributed by atoms with Crippen molar-refractivity contribution >= 4 is 22.9 Å². The van der Waals surface area contributed by atoms with Crippen molar-refractivity contribution in [3.8, 4) is 11.6 Å². The molecule has 3 aromatic rings. The largest absolute Gasteiger partial charge is 0.475 e. The van der Waals surface area contributed by atoms with E-state index in [2.05, 4.69) is 25.9 Å². The van der Waals surface area contributed by atoms with E-state index in [4.69, 9.17) is 9.47 Å². The number of fused-ring (bicyclic) bond motifs is 1. The molecule has 152 valence electrons. The van der Waals surface area contributed by atoms with Gasteiger partial charge in [-0.1, -0.05) is 30.3 Å². The number of para-hydroxylation sites is 3. The van der Waals surface area contributed by atoms with Gasteiger partial charge < -0.3 is 20.1 Å². The number of nitrogens with zero attached hydrogens (tertiary/aromatic N) is 2. The number of amides is 1. The molecule has 4 rings (SSSR count). The molecule has 0 bridgehead atoms. The molecule has 1 saturated heterocycles. The molecule has 1 amide bonds. The van der Waals surface area contributed by atoms with Crippen LogP contribution in [0.25, 0.3) is 11.0 Å². The van der Waals surface area contributed by atoms with Gasteiger partial charge in [-0.25, -0.2) is 14.8 Å². The van der Waals surface area contributed by atoms with E-state index >= 15 is 0 Å². The van der Waals surface area contributed by atoms with E-state index < -0.39 is 6.09 Å². The van der Waals surface area contributed by atoms with Crippen LogP contribution >= 0.6 is 0 Å². The van der Waals surface area contributed by atoms with Gasteiger partial charge in [0.2, 0.25) is 0 Å². The molecular formula is C21H25N5O3. The van der Waals surface area contributed by atoms with E-state index in [9.17, 15) is 4.79 Å². The van der Waals surface area contributed by atoms with E-state index in [0.29, 0.717) is 23.4 Å². The third kappa shape index (κ3) is 6.41. The van der Waals surface area contributed by atoms with E-state index in [1.807, 2.05) is 37.3 Å². The first-order valence-corrected chi connectivity index (χ1v) is 9.61. The fourth-order valence-corrected chi connectivity index (χ4v) is 2.62. The molecule has 2 aromatic carbocycles. The number of rotatable bonds is 4. The van der Waals surface area contributed by atoms with Gasteiger partial charge in [0.05, 0.1) is 17.6 Å². The molecule has 1 aliphatic rings. The summed E-state index contributed by atoms with van der Waals surface area (Å²) >= 11 is 0. The SMILES string of the molecule is C1CNCCN1.CCOc1nc2ccccc2nc1NC(=O)Oc1ccccc1. The summed E-state index contributed by atoms with van der Waals surface area (Å²) in [5, 5.41) is 9.02. The van der Waals surface area contributed by atoms with Gasteiger partial charge in [0.1, 0.15) is 5.75 Å². The predicted octanol–water partition coefficient (Wildman–Crippen LogP) is 2.82. The lowest BCUT2D eigenvalue weighted by Crippen LogP contribution is -2.39. The minimum absolute atomic E-state index is 0.228. The molecule has 0 atom stereocenters. The quantitative estimate of drug-likeness (QED) is 0.625. The van der Waals surface area contributed by atoms with Gasteiger partial charge in [-0.2, -0.15) is 0 Å². The topological polar surface area (TPSA) is 97.4 Å². The smallest absolute Gasteiger partial charge is 0.418 e. The first kappa shape index (κ1) is 20.5. The van der Waals surface area contributed by atoms with E-state index in [-0.39, 0.29) is 11.7 Å². The van der Waals surface area contributed by atoms with Gasteiger partial charge in [0, 0.05) is 26.2 Å². The molecular weight excluding hydrogens is 370 g/mol. The van der Waals surface area contributed by atoms with Crippen molar-refractivity contribution in [2.24, 2.45) is 0 Å². The van der Waals surface area contributed by atoms with Gasteiger partial charge in [-0.05, 0) is 31.2 Å². The molecule has 29 heavy (non-hydrogen) atoms. The highest BCUT2D eigenvalue weighted by Gasteiger charge is 2.14. The van der Waals surface area contributed by atoms with Crippen molar-refractivity contribution in [1.82, 2.24) is 20.6 Å². The van der Waals surface area contributed by atoms with Crippen LogP contribution < -0.4 is 25.4 Å². The van der Waals surface area contributed by atoms with Gasteiger partial charge >= 0.3 is 6.09 Å². The number of hydrogen-bond donors (Lipinski definition) is 3. The normalized spacial score (nSPS) is 13.1. The predicted molar refractivity (Wildman–Crippen MR) is 113 cm³/mol. The van der Waals surface area contributed by atoms with Crippen molar-refractivity contribution in [1.29, 1.82) is 0 Å². The lowest BCUT2D eigenvalue weighted by molar-refractivity contribution is 0.215. The number of carbonyl (C=O) groups excluding carboxylic acids is 1. The summed E-state index contributed by atoms with van der Waals surface area (Å²) < 4.78 is 10.6. The van der Waals surface area contributed by atoms with Gasteiger partial charge in [0.15, 0.2) is 5.82 Å². The summed E-state index contributed by atoms with van der Waals surface area (Å²) in [6.07, 6.45) is -0.651. The summed E-state index contributed by atoms with van der Waals surface area (Å²) in [7, 11) is 0. The number of benzene rings is 2. The van der Waals surface area contributed by atoms with Crippen molar-refractivity contribution in [2.45, 2.75) is 6.92 Å². The van der Waals surface area contributed by atoms with Crippen LogP contribution in [0, 0.1) is 0 Å². The Bertz CT molecular complexity index is 905. The van der Waals surface area contributed by atoms with Crippen LogP contribution in [0.1, 0.15) is 6.92 Å². The van der Waals surface area contributed by atoms with Gasteiger partial charge in [-0.3, -0.25) is 5.32 Å². The molecule has 2 heterocycles. The highest BCUT2D eigenvalue weighted by atomic mass is 16.6. The highest BCUT2D eigenvalue weighted by molar-refractivity contribution is 5.88. The molecule has 0 unspecified atom stereocenters. The Labute approximate surface area is 169 Å². The van der Waals surface area contributed by atoms with E-state index in [1.165, 1.54) is 0 Å². The van der Waals surface area contributed by atoms with E-state index in [1.54, 1.807) is 24.3 Å². The maximum absolute atomic E-state index is 12.0. The number of anilines is 1. The molecule has 0 spiro atoms. The maximum atomic E-state index is 12.0. The molecule has 0 radical (unpaired) electrons. The van der Waals surface area contributed by atoms with Crippen molar-refractivity contribution in [3.05, 3.63) is 54.6 Å². The minimum atomic E-state index is -0.651. The number of nitrogens with one attached hydrogen (secondary N) is 3. The average Bonchev–Trinajstić information content (AvgIpc) is 2.77. The minimum Gasteiger partial charge on any atom is -0.475 e. The highest BCUT2D eigenvalue weighted by Crippen LogP contribution is 2.23. The molecule has 8 heteroatoms. The Morgan fingerprint density at radius 2 is 1.52 bits per heavy atom. The second-order valence-electron chi connectivity index (χ2n) is 6.13. The number of carbonyl (C=O) groups is 1.